The second-order valence-electron chi connectivity index (χ2n) is 4.24. The fraction of sp³-hybridized carbons (Fsp3) is 0.0769. The molecule has 2 aromatic rings. The lowest BCUT2D eigenvalue weighted by Gasteiger charge is -2.10. The number of H-pyrrole nitrogens is 2. The molecule has 0 fully saturated rings. The quantitative estimate of drug-likeness (QED) is 0.646. The molecular weight excluding hydrogens is 278 g/mol. The summed E-state index contributed by atoms with van der Waals surface area (Å²) in [6, 6.07) is 4.58. The first kappa shape index (κ1) is 14.3. The van der Waals surface area contributed by atoms with Crippen LogP contribution in [0.3, 0.4) is 0 Å². The predicted octanol–water partition coefficient (Wildman–Crippen LogP) is 0.322. The number of carboxylic acid groups (broad SMARTS) is 1. The molecule has 2 rings (SSSR count). The molecule has 0 bridgehead atoms. The molecule has 0 aliphatic rings. The number of benzene rings is 1. The lowest BCUT2D eigenvalue weighted by atomic mass is 10.1. The molecule has 1 aromatic carbocycles. The van der Waals surface area contributed by atoms with Crippen LogP contribution in [0.25, 0.3) is 0 Å². The molecule has 8 heteroatoms. The summed E-state index contributed by atoms with van der Waals surface area (Å²) in [6.45, 7) is 1.59. The summed E-state index contributed by atoms with van der Waals surface area (Å²) in [5.74, 6) is -2.01. The van der Waals surface area contributed by atoms with Crippen molar-refractivity contribution in [2.45, 2.75) is 6.92 Å². The van der Waals surface area contributed by atoms with E-state index in [4.69, 9.17) is 5.11 Å². The number of aromatic amines is 2. The van der Waals surface area contributed by atoms with Gasteiger partial charge in [-0.05, 0) is 18.6 Å². The average Bonchev–Trinajstić information content (AvgIpc) is 2.37. The molecule has 1 aromatic heterocycles. The molecule has 8 nitrogen and oxygen atoms in total. The lowest BCUT2D eigenvalue weighted by Crippen LogP contribution is -2.30. The summed E-state index contributed by atoms with van der Waals surface area (Å²) < 4.78 is 0. The van der Waals surface area contributed by atoms with Gasteiger partial charge in [-0.3, -0.25) is 14.6 Å². The Morgan fingerprint density at radius 1 is 1.24 bits per heavy atom. The Morgan fingerprint density at radius 2 is 1.95 bits per heavy atom. The fourth-order valence-electron chi connectivity index (χ4n) is 1.82. The summed E-state index contributed by atoms with van der Waals surface area (Å²) in [5, 5.41) is 11.5. The van der Waals surface area contributed by atoms with E-state index in [0.717, 1.165) is 6.20 Å². The van der Waals surface area contributed by atoms with Crippen molar-refractivity contribution in [3.63, 3.8) is 0 Å². The Kier molecular flexibility index (Phi) is 3.70. The van der Waals surface area contributed by atoms with Crippen molar-refractivity contribution in [1.82, 2.24) is 9.97 Å². The van der Waals surface area contributed by atoms with Crippen LogP contribution in [0.5, 0.6) is 0 Å². The monoisotopic (exact) mass is 289 g/mol. The number of anilines is 1. The third-order valence-corrected chi connectivity index (χ3v) is 2.80. The number of carbonyl (C=O) groups excluding carboxylic acids is 1. The SMILES string of the molecule is Cc1cccc(NC(=O)c2c[nH]c(=O)[nH]c2=O)c1C(=O)O. The Balaban J connectivity index is 2.41. The highest BCUT2D eigenvalue weighted by Gasteiger charge is 2.17. The molecule has 0 unspecified atom stereocenters. The van der Waals surface area contributed by atoms with E-state index in [-0.39, 0.29) is 16.8 Å². The fourth-order valence-corrected chi connectivity index (χ4v) is 1.82. The van der Waals surface area contributed by atoms with Crippen molar-refractivity contribution in [2.75, 3.05) is 5.32 Å². The number of carboxylic acids is 1. The summed E-state index contributed by atoms with van der Waals surface area (Å²) in [7, 11) is 0. The number of rotatable bonds is 3. The van der Waals surface area contributed by atoms with E-state index >= 15 is 0 Å². The largest absolute Gasteiger partial charge is 0.478 e. The minimum atomic E-state index is -1.20. The van der Waals surface area contributed by atoms with E-state index in [1.807, 2.05) is 4.98 Å². The molecule has 4 N–H and O–H groups in total. The second-order valence-corrected chi connectivity index (χ2v) is 4.24. The Morgan fingerprint density at radius 3 is 2.57 bits per heavy atom. The highest BCUT2D eigenvalue weighted by Crippen LogP contribution is 2.19. The van der Waals surface area contributed by atoms with E-state index in [1.54, 1.807) is 19.1 Å². The number of carbonyl (C=O) groups is 2. The zero-order valence-corrected chi connectivity index (χ0v) is 10.9. The van der Waals surface area contributed by atoms with Gasteiger partial charge in [0.1, 0.15) is 5.56 Å². The average molecular weight is 289 g/mol. The molecule has 0 atom stereocenters. The van der Waals surface area contributed by atoms with Crippen molar-refractivity contribution in [3.05, 3.63) is 61.9 Å². The number of aromatic carboxylic acids is 1. The normalized spacial score (nSPS) is 10.1. The number of aryl methyl sites for hydroxylation is 1. The number of aromatic nitrogens is 2. The first-order valence-corrected chi connectivity index (χ1v) is 5.86. The topological polar surface area (TPSA) is 132 Å². The van der Waals surface area contributed by atoms with Crippen LogP contribution >= 0.6 is 0 Å². The van der Waals surface area contributed by atoms with Crippen LogP contribution in [0.1, 0.15) is 26.3 Å². The Bertz CT molecular complexity index is 834. The van der Waals surface area contributed by atoms with Crippen molar-refractivity contribution >= 4 is 17.6 Å². The molecule has 108 valence electrons. The third kappa shape index (κ3) is 2.89. The van der Waals surface area contributed by atoms with Crippen LogP contribution in [-0.4, -0.2) is 27.0 Å². The maximum Gasteiger partial charge on any atom is 0.338 e. The summed E-state index contributed by atoms with van der Waals surface area (Å²) >= 11 is 0. The smallest absolute Gasteiger partial charge is 0.338 e. The summed E-state index contributed by atoms with van der Waals surface area (Å²) in [4.78, 5) is 49.7. The van der Waals surface area contributed by atoms with Crippen LogP contribution in [0.2, 0.25) is 0 Å². The van der Waals surface area contributed by atoms with Crippen LogP contribution < -0.4 is 16.6 Å². The van der Waals surface area contributed by atoms with Gasteiger partial charge in [-0.2, -0.15) is 0 Å². The minimum Gasteiger partial charge on any atom is -0.478 e. The van der Waals surface area contributed by atoms with Gasteiger partial charge in [0.25, 0.3) is 11.5 Å². The lowest BCUT2D eigenvalue weighted by molar-refractivity contribution is 0.0697. The van der Waals surface area contributed by atoms with Gasteiger partial charge >= 0.3 is 11.7 Å². The van der Waals surface area contributed by atoms with Gasteiger partial charge in [-0.25, -0.2) is 9.59 Å². The van der Waals surface area contributed by atoms with E-state index in [0.29, 0.717) is 5.56 Å². The minimum absolute atomic E-state index is 0.0632. The summed E-state index contributed by atoms with van der Waals surface area (Å²) in [5.41, 5.74) is -1.45. The third-order valence-electron chi connectivity index (χ3n) is 2.80. The highest BCUT2D eigenvalue weighted by atomic mass is 16.4. The van der Waals surface area contributed by atoms with Crippen molar-refractivity contribution < 1.29 is 14.7 Å². The molecule has 0 saturated heterocycles. The van der Waals surface area contributed by atoms with Crippen molar-refractivity contribution in [3.8, 4) is 0 Å². The van der Waals surface area contributed by atoms with Gasteiger partial charge in [0.05, 0.1) is 11.3 Å². The van der Waals surface area contributed by atoms with Crippen LogP contribution in [0.4, 0.5) is 5.69 Å². The molecule has 1 amide bonds. The van der Waals surface area contributed by atoms with Gasteiger partial charge in [0.2, 0.25) is 0 Å². The zero-order valence-electron chi connectivity index (χ0n) is 10.9. The molecule has 1 heterocycles. The first-order chi connectivity index (χ1) is 9.90. The van der Waals surface area contributed by atoms with E-state index in [1.165, 1.54) is 6.07 Å². The second kappa shape index (κ2) is 5.45. The molecular formula is C13H11N3O5. The van der Waals surface area contributed by atoms with Crippen LogP contribution in [0.15, 0.2) is 34.0 Å². The highest BCUT2D eigenvalue weighted by molar-refractivity contribution is 6.07. The summed E-state index contributed by atoms with van der Waals surface area (Å²) in [6.07, 6.45) is 0.965. The van der Waals surface area contributed by atoms with E-state index < -0.39 is 23.1 Å². The van der Waals surface area contributed by atoms with Gasteiger partial charge in [0.15, 0.2) is 0 Å². The van der Waals surface area contributed by atoms with Crippen molar-refractivity contribution in [1.29, 1.82) is 0 Å². The molecule has 0 aliphatic heterocycles. The predicted molar refractivity (Wildman–Crippen MR) is 73.8 cm³/mol. The number of hydrogen-bond acceptors (Lipinski definition) is 4. The van der Waals surface area contributed by atoms with Crippen LogP contribution in [-0.2, 0) is 0 Å². The standard InChI is InChI=1S/C13H11N3O5/c1-6-3-2-4-8(9(6)12(19)20)15-10(17)7-5-14-13(21)16-11(7)18/h2-5H,1H3,(H,15,17)(H,19,20)(H2,14,16,18,21). The van der Waals surface area contributed by atoms with E-state index in [2.05, 4.69) is 10.3 Å². The Hall–Kier alpha value is -3.16. The van der Waals surface area contributed by atoms with Gasteiger partial charge < -0.3 is 15.4 Å². The number of nitrogens with one attached hydrogen (secondary N) is 3. The molecule has 0 radical (unpaired) electrons. The molecule has 0 aliphatic carbocycles. The maximum absolute atomic E-state index is 12.0. The number of hydrogen-bond donors (Lipinski definition) is 4. The molecule has 21 heavy (non-hydrogen) atoms. The van der Waals surface area contributed by atoms with Crippen molar-refractivity contribution in [2.24, 2.45) is 0 Å². The Labute approximate surface area is 117 Å². The van der Waals surface area contributed by atoms with Crippen LogP contribution in [0, 0.1) is 6.92 Å². The van der Waals surface area contributed by atoms with Gasteiger partial charge in [-0.15, -0.1) is 0 Å². The first-order valence-electron chi connectivity index (χ1n) is 5.86. The molecule has 0 saturated carbocycles. The van der Waals surface area contributed by atoms with Gasteiger partial charge in [-0.1, -0.05) is 12.1 Å². The number of amides is 1. The maximum atomic E-state index is 12.0. The molecule has 0 spiro atoms. The van der Waals surface area contributed by atoms with E-state index in [9.17, 15) is 19.2 Å². The zero-order chi connectivity index (χ0) is 15.6. The van der Waals surface area contributed by atoms with Gasteiger partial charge in [0, 0.05) is 6.20 Å².